The Labute approximate surface area is 99.3 Å². The smallest absolute Gasteiger partial charge is 0.276 e. The highest BCUT2D eigenvalue weighted by Crippen LogP contribution is 2.02. The Morgan fingerprint density at radius 1 is 1.47 bits per heavy atom. The molecular weight excluding hydrogens is 218 g/mol. The molecule has 1 atom stereocenters. The van der Waals surface area contributed by atoms with Crippen molar-refractivity contribution in [2.45, 2.75) is 38.8 Å². The molecule has 0 aromatic carbocycles. The zero-order chi connectivity index (χ0) is 12.3. The second-order valence-electron chi connectivity index (χ2n) is 4.16. The third-order valence-corrected chi connectivity index (χ3v) is 2.95. The lowest BCUT2D eigenvalue weighted by atomic mass is 10.1. The molecule has 0 aliphatic carbocycles. The fourth-order valence-electron chi connectivity index (χ4n) is 1.84. The average molecular weight is 235 g/mol. The molecular formula is C12H17N3O2. The van der Waals surface area contributed by atoms with Crippen LogP contribution in [0.25, 0.3) is 5.52 Å². The Kier molecular flexibility index (Phi) is 3.58. The molecule has 0 spiro atoms. The number of aliphatic hydroxyl groups is 1. The monoisotopic (exact) mass is 235 g/mol. The Bertz CT molecular complexity index is 544. The zero-order valence-corrected chi connectivity index (χ0v) is 9.91. The zero-order valence-electron chi connectivity index (χ0n) is 9.91. The molecule has 0 amide bonds. The molecule has 2 aromatic rings. The van der Waals surface area contributed by atoms with Gasteiger partial charge in [-0.3, -0.25) is 4.79 Å². The molecule has 17 heavy (non-hydrogen) atoms. The summed E-state index contributed by atoms with van der Waals surface area (Å²) in [4.78, 5) is 12.0. The van der Waals surface area contributed by atoms with Crippen LogP contribution in [0.4, 0.5) is 0 Å². The summed E-state index contributed by atoms with van der Waals surface area (Å²) in [5.41, 5.74) is 0.555. The summed E-state index contributed by atoms with van der Waals surface area (Å²) in [6.45, 7) is 2.59. The number of nitrogens with zero attached hydrogens (tertiary/aromatic N) is 3. The normalized spacial score (nSPS) is 13.1. The van der Waals surface area contributed by atoms with Crippen molar-refractivity contribution < 1.29 is 5.11 Å². The van der Waals surface area contributed by atoms with Gasteiger partial charge in [0.2, 0.25) is 0 Å². The molecule has 1 unspecified atom stereocenters. The van der Waals surface area contributed by atoms with E-state index in [1.54, 1.807) is 33.7 Å². The predicted octanol–water partition coefficient (Wildman–Crippen LogP) is 1.05. The van der Waals surface area contributed by atoms with Crippen LogP contribution in [0.15, 0.2) is 29.5 Å². The first-order valence-electron chi connectivity index (χ1n) is 5.93. The van der Waals surface area contributed by atoms with E-state index in [9.17, 15) is 9.90 Å². The Hall–Kier alpha value is -1.62. The number of aromatic nitrogens is 3. The summed E-state index contributed by atoms with van der Waals surface area (Å²) in [7, 11) is 0. The van der Waals surface area contributed by atoms with Crippen LogP contribution in [-0.4, -0.2) is 25.4 Å². The molecule has 2 heterocycles. The maximum absolute atomic E-state index is 12.0. The van der Waals surface area contributed by atoms with E-state index in [2.05, 4.69) is 5.10 Å². The molecule has 92 valence electrons. The van der Waals surface area contributed by atoms with E-state index in [0.717, 1.165) is 19.3 Å². The molecule has 0 radical (unpaired) electrons. The number of aryl methyl sites for hydroxylation is 1. The van der Waals surface area contributed by atoms with E-state index in [4.69, 9.17) is 0 Å². The number of hydrogen-bond acceptors (Lipinski definition) is 3. The summed E-state index contributed by atoms with van der Waals surface area (Å²) in [6.07, 6.45) is 7.16. The van der Waals surface area contributed by atoms with E-state index in [-0.39, 0.29) is 11.7 Å². The molecule has 2 aromatic heterocycles. The van der Waals surface area contributed by atoms with Gasteiger partial charge in [0.1, 0.15) is 5.52 Å². The summed E-state index contributed by atoms with van der Waals surface area (Å²) >= 11 is 0. The van der Waals surface area contributed by atoms with Crippen LogP contribution in [0.1, 0.15) is 26.2 Å². The largest absolute Gasteiger partial charge is 0.393 e. The number of aliphatic hydroxyl groups excluding tert-OH is 1. The average Bonchev–Trinajstić information content (AvgIpc) is 2.81. The van der Waals surface area contributed by atoms with Crippen molar-refractivity contribution in [3.05, 3.63) is 35.0 Å². The number of fused-ring (bicyclic) bond motifs is 1. The number of rotatable bonds is 5. The topological polar surface area (TPSA) is 59.5 Å². The minimum atomic E-state index is -0.260. The third kappa shape index (κ3) is 2.55. The van der Waals surface area contributed by atoms with Gasteiger partial charge in [-0.25, -0.2) is 4.52 Å². The van der Waals surface area contributed by atoms with Crippen molar-refractivity contribution in [1.29, 1.82) is 0 Å². The molecule has 0 bridgehead atoms. The van der Waals surface area contributed by atoms with Crippen molar-refractivity contribution >= 4 is 5.52 Å². The molecule has 0 fully saturated rings. The van der Waals surface area contributed by atoms with Crippen LogP contribution in [0, 0.1) is 0 Å². The van der Waals surface area contributed by atoms with Gasteiger partial charge in [0, 0.05) is 18.9 Å². The Balaban J connectivity index is 2.08. The van der Waals surface area contributed by atoms with Gasteiger partial charge < -0.3 is 9.67 Å². The highest BCUT2D eigenvalue weighted by molar-refractivity contribution is 5.42. The van der Waals surface area contributed by atoms with E-state index >= 15 is 0 Å². The molecule has 2 rings (SSSR count). The molecule has 0 aliphatic rings. The van der Waals surface area contributed by atoms with Gasteiger partial charge in [0.25, 0.3) is 5.56 Å². The fraction of sp³-hybridized carbons (Fsp3) is 0.500. The Morgan fingerprint density at radius 3 is 3.06 bits per heavy atom. The first-order valence-corrected chi connectivity index (χ1v) is 5.93. The molecule has 1 N–H and O–H groups in total. The van der Waals surface area contributed by atoms with E-state index < -0.39 is 0 Å². The highest BCUT2D eigenvalue weighted by atomic mass is 16.3. The number of hydrogen-bond donors (Lipinski definition) is 1. The highest BCUT2D eigenvalue weighted by Gasteiger charge is 2.04. The molecule has 5 heteroatoms. The maximum atomic E-state index is 12.0. The summed E-state index contributed by atoms with van der Waals surface area (Å²) < 4.78 is 3.24. The maximum Gasteiger partial charge on any atom is 0.276 e. The Morgan fingerprint density at radius 2 is 2.29 bits per heavy atom. The second-order valence-corrected chi connectivity index (χ2v) is 4.16. The SMILES string of the molecule is CCC(O)CCCn1ccn2nccc2c1=O. The summed E-state index contributed by atoms with van der Waals surface area (Å²) in [5.74, 6) is 0. The van der Waals surface area contributed by atoms with Crippen molar-refractivity contribution in [2.75, 3.05) is 0 Å². The van der Waals surface area contributed by atoms with E-state index in [1.807, 2.05) is 6.92 Å². The van der Waals surface area contributed by atoms with Crippen LogP contribution in [0.2, 0.25) is 0 Å². The van der Waals surface area contributed by atoms with Gasteiger partial charge in [-0.05, 0) is 25.3 Å². The van der Waals surface area contributed by atoms with Gasteiger partial charge in [0.05, 0.1) is 12.3 Å². The van der Waals surface area contributed by atoms with Gasteiger partial charge in [-0.1, -0.05) is 6.92 Å². The van der Waals surface area contributed by atoms with Crippen molar-refractivity contribution in [3.63, 3.8) is 0 Å². The molecule has 0 saturated carbocycles. The summed E-state index contributed by atoms with van der Waals surface area (Å²) in [5, 5.41) is 13.4. The lowest BCUT2D eigenvalue weighted by Gasteiger charge is -2.09. The quantitative estimate of drug-likeness (QED) is 0.842. The first-order chi connectivity index (χ1) is 8.22. The van der Waals surface area contributed by atoms with E-state index in [0.29, 0.717) is 12.1 Å². The minimum Gasteiger partial charge on any atom is -0.393 e. The lowest BCUT2D eigenvalue weighted by molar-refractivity contribution is 0.155. The molecule has 0 saturated heterocycles. The van der Waals surface area contributed by atoms with E-state index in [1.165, 1.54) is 0 Å². The van der Waals surface area contributed by atoms with Crippen molar-refractivity contribution in [2.24, 2.45) is 0 Å². The predicted molar refractivity (Wildman–Crippen MR) is 65.0 cm³/mol. The van der Waals surface area contributed by atoms with Crippen molar-refractivity contribution in [3.8, 4) is 0 Å². The standard InChI is InChI=1S/C12H17N3O2/c1-2-10(16)4-3-7-14-8-9-15-11(12(14)17)5-6-13-15/h5-6,8-10,16H,2-4,7H2,1H3. The second kappa shape index (κ2) is 5.14. The third-order valence-electron chi connectivity index (χ3n) is 2.95. The van der Waals surface area contributed by atoms with Gasteiger partial charge in [-0.2, -0.15) is 5.10 Å². The molecule has 5 nitrogen and oxygen atoms in total. The summed E-state index contributed by atoms with van der Waals surface area (Å²) in [6, 6.07) is 1.71. The van der Waals surface area contributed by atoms with Crippen LogP contribution in [0.3, 0.4) is 0 Å². The minimum absolute atomic E-state index is 0.0315. The van der Waals surface area contributed by atoms with Gasteiger partial charge in [0.15, 0.2) is 0 Å². The van der Waals surface area contributed by atoms with Crippen molar-refractivity contribution in [1.82, 2.24) is 14.2 Å². The van der Waals surface area contributed by atoms with Gasteiger partial charge in [-0.15, -0.1) is 0 Å². The molecule has 0 aliphatic heterocycles. The van der Waals surface area contributed by atoms with Crippen LogP contribution < -0.4 is 5.56 Å². The fourth-order valence-corrected chi connectivity index (χ4v) is 1.84. The first kappa shape index (κ1) is 11.9. The van der Waals surface area contributed by atoms with Crippen LogP contribution in [0.5, 0.6) is 0 Å². The van der Waals surface area contributed by atoms with Gasteiger partial charge >= 0.3 is 0 Å². The van der Waals surface area contributed by atoms with Crippen LogP contribution >= 0.6 is 0 Å². The van der Waals surface area contributed by atoms with Crippen LogP contribution in [-0.2, 0) is 6.54 Å². The lowest BCUT2D eigenvalue weighted by Crippen LogP contribution is -2.22.